The van der Waals surface area contributed by atoms with Crippen LogP contribution in [0.5, 0.6) is 5.75 Å². The first-order chi connectivity index (χ1) is 8.74. The topological polar surface area (TPSA) is 102 Å². The minimum absolute atomic E-state index is 0.0498. The Morgan fingerprint density at radius 1 is 1.53 bits per heavy atom. The van der Waals surface area contributed by atoms with Gasteiger partial charge in [-0.25, -0.2) is 0 Å². The normalized spacial score (nSPS) is 11.1. The molecule has 3 N–H and O–H groups in total. The van der Waals surface area contributed by atoms with E-state index in [4.69, 9.17) is 15.9 Å². The average molecular weight is 265 g/mol. The molecule has 0 fully saturated rings. The Kier molecular flexibility index (Phi) is 4.47. The third kappa shape index (κ3) is 3.94. The third-order valence-corrected chi connectivity index (χ3v) is 3.03. The lowest BCUT2D eigenvalue weighted by Gasteiger charge is -2.22. The number of nitrogens with one attached hydrogen (secondary N) is 1. The summed E-state index contributed by atoms with van der Waals surface area (Å²) in [4.78, 5) is 10.4. The largest absolute Gasteiger partial charge is 0.487 e. The molecular formula is C13H19N3O3. The fourth-order valence-electron chi connectivity index (χ4n) is 1.44. The van der Waals surface area contributed by atoms with Crippen molar-refractivity contribution >= 4 is 11.5 Å². The first-order valence-electron chi connectivity index (χ1n) is 5.96. The van der Waals surface area contributed by atoms with Crippen LogP contribution in [0.1, 0.15) is 25.8 Å². The second-order valence-electron chi connectivity index (χ2n) is 5.12. The van der Waals surface area contributed by atoms with Gasteiger partial charge in [-0.2, -0.15) is 0 Å². The summed E-state index contributed by atoms with van der Waals surface area (Å²) in [6.45, 7) is 5.79. The van der Waals surface area contributed by atoms with Crippen molar-refractivity contribution in [2.75, 3.05) is 6.61 Å². The zero-order valence-corrected chi connectivity index (χ0v) is 11.4. The molecule has 0 radical (unpaired) electrons. The zero-order chi connectivity index (χ0) is 14.6. The number of aryl methyl sites for hydroxylation is 1. The first kappa shape index (κ1) is 14.9. The summed E-state index contributed by atoms with van der Waals surface area (Å²) in [7, 11) is 0. The average Bonchev–Trinajstić information content (AvgIpc) is 2.28. The van der Waals surface area contributed by atoms with Crippen LogP contribution in [-0.2, 0) is 0 Å². The highest BCUT2D eigenvalue weighted by Crippen LogP contribution is 2.29. The van der Waals surface area contributed by atoms with Crippen LogP contribution in [0.3, 0.4) is 0 Å². The lowest BCUT2D eigenvalue weighted by atomic mass is 9.88. The fraction of sp³-hybridized carbons (Fsp3) is 0.462. The van der Waals surface area contributed by atoms with Gasteiger partial charge >= 0.3 is 5.69 Å². The molecule has 0 amide bonds. The van der Waals surface area contributed by atoms with Crippen molar-refractivity contribution in [1.82, 2.24) is 0 Å². The summed E-state index contributed by atoms with van der Waals surface area (Å²) in [6.07, 6.45) is 0.521. The van der Waals surface area contributed by atoms with Crippen LogP contribution < -0.4 is 10.5 Å². The van der Waals surface area contributed by atoms with Crippen LogP contribution >= 0.6 is 0 Å². The van der Waals surface area contributed by atoms with Crippen LogP contribution in [0.15, 0.2) is 18.2 Å². The summed E-state index contributed by atoms with van der Waals surface area (Å²) in [5.74, 6) is 0.333. The second kappa shape index (κ2) is 5.69. The minimum Gasteiger partial charge on any atom is -0.487 e. The van der Waals surface area contributed by atoms with Gasteiger partial charge in [0, 0.05) is 11.5 Å². The zero-order valence-electron chi connectivity index (χ0n) is 11.4. The number of hydrogen-bond donors (Lipinski definition) is 2. The molecule has 0 aromatic heterocycles. The predicted octanol–water partition coefficient (Wildman–Crippen LogP) is 2.63. The van der Waals surface area contributed by atoms with Gasteiger partial charge in [-0.05, 0) is 25.0 Å². The number of rotatable bonds is 6. The Morgan fingerprint density at radius 3 is 2.68 bits per heavy atom. The van der Waals surface area contributed by atoms with Crippen molar-refractivity contribution in [3.8, 4) is 5.75 Å². The highest BCUT2D eigenvalue weighted by atomic mass is 16.6. The molecule has 0 heterocycles. The molecule has 104 valence electrons. The Labute approximate surface area is 112 Å². The van der Waals surface area contributed by atoms with E-state index in [1.165, 1.54) is 6.07 Å². The predicted molar refractivity (Wildman–Crippen MR) is 73.6 cm³/mol. The first-order valence-corrected chi connectivity index (χ1v) is 5.96. The van der Waals surface area contributed by atoms with Crippen LogP contribution in [0.4, 0.5) is 5.69 Å². The quantitative estimate of drug-likeness (QED) is 0.357. The van der Waals surface area contributed by atoms with E-state index < -0.39 is 10.3 Å². The second-order valence-corrected chi connectivity index (χ2v) is 5.12. The summed E-state index contributed by atoms with van der Waals surface area (Å²) in [5.41, 5.74) is 5.84. The minimum atomic E-state index is -0.474. The molecule has 6 nitrogen and oxygen atoms in total. The van der Waals surface area contributed by atoms with E-state index in [1.807, 2.05) is 20.8 Å². The Morgan fingerprint density at radius 2 is 2.16 bits per heavy atom. The number of hydrogen-bond acceptors (Lipinski definition) is 4. The number of nitro groups is 1. The molecule has 1 aromatic carbocycles. The fourth-order valence-corrected chi connectivity index (χ4v) is 1.44. The van der Waals surface area contributed by atoms with Crippen molar-refractivity contribution in [3.63, 3.8) is 0 Å². The monoisotopic (exact) mass is 265 g/mol. The number of nitrogens with two attached hydrogens (primary N) is 1. The molecule has 0 aliphatic heterocycles. The van der Waals surface area contributed by atoms with Gasteiger partial charge in [0.05, 0.1) is 17.4 Å². The maximum atomic E-state index is 10.9. The number of amidine groups is 1. The number of nitrogens with zero attached hydrogens (tertiary/aromatic N) is 1. The van der Waals surface area contributed by atoms with Crippen molar-refractivity contribution < 1.29 is 9.66 Å². The highest BCUT2D eigenvalue weighted by molar-refractivity contribution is 5.82. The van der Waals surface area contributed by atoms with Gasteiger partial charge < -0.3 is 10.5 Å². The van der Waals surface area contributed by atoms with Gasteiger partial charge in [-0.1, -0.05) is 19.9 Å². The van der Waals surface area contributed by atoms with Gasteiger partial charge in [0.2, 0.25) is 0 Å². The lowest BCUT2D eigenvalue weighted by molar-refractivity contribution is -0.385. The van der Waals surface area contributed by atoms with Crippen LogP contribution in [-0.4, -0.2) is 17.4 Å². The van der Waals surface area contributed by atoms with Crippen molar-refractivity contribution in [1.29, 1.82) is 5.41 Å². The van der Waals surface area contributed by atoms with E-state index in [-0.39, 0.29) is 23.9 Å². The molecule has 1 rings (SSSR count). The Balaban J connectivity index is 2.75. The van der Waals surface area contributed by atoms with Gasteiger partial charge in [-0.15, -0.1) is 0 Å². The molecule has 1 aromatic rings. The van der Waals surface area contributed by atoms with Gasteiger partial charge in [0.25, 0.3) is 0 Å². The van der Waals surface area contributed by atoms with Crippen molar-refractivity contribution in [2.45, 2.75) is 27.2 Å². The molecule has 0 bridgehead atoms. The van der Waals surface area contributed by atoms with Gasteiger partial charge in [0.1, 0.15) is 0 Å². The Bertz CT molecular complexity index is 498. The van der Waals surface area contributed by atoms with Crippen LogP contribution in [0.25, 0.3) is 0 Å². The molecule has 0 unspecified atom stereocenters. The molecule has 0 atom stereocenters. The van der Waals surface area contributed by atoms with Crippen molar-refractivity contribution in [3.05, 3.63) is 33.9 Å². The number of benzene rings is 1. The summed E-state index contributed by atoms with van der Waals surface area (Å²) in [6, 6.07) is 4.74. The van der Waals surface area contributed by atoms with E-state index >= 15 is 0 Å². The lowest BCUT2D eigenvalue weighted by Crippen LogP contribution is -2.32. The van der Waals surface area contributed by atoms with Gasteiger partial charge in [-0.3, -0.25) is 15.5 Å². The van der Waals surface area contributed by atoms with E-state index in [9.17, 15) is 10.1 Å². The van der Waals surface area contributed by atoms with Crippen LogP contribution in [0, 0.1) is 27.9 Å². The number of nitro benzene ring substituents is 1. The molecular weight excluding hydrogens is 246 g/mol. The molecule has 0 saturated heterocycles. The summed E-state index contributed by atoms with van der Waals surface area (Å²) in [5, 5.41) is 18.3. The maximum absolute atomic E-state index is 10.9. The maximum Gasteiger partial charge on any atom is 0.310 e. The van der Waals surface area contributed by atoms with E-state index in [0.717, 1.165) is 5.56 Å². The van der Waals surface area contributed by atoms with Crippen LogP contribution in [0.2, 0.25) is 0 Å². The van der Waals surface area contributed by atoms with E-state index in [2.05, 4.69) is 0 Å². The smallest absolute Gasteiger partial charge is 0.310 e. The summed E-state index contributed by atoms with van der Waals surface area (Å²) < 4.78 is 5.47. The standard InChI is InChI=1S/C13H19N3O3/c1-9-4-5-10(16(17)18)11(8-9)19-7-6-13(2,3)12(14)15/h4-5,8H,6-7H2,1-3H3,(H3,14,15). The summed E-state index contributed by atoms with van der Waals surface area (Å²) >= 11 is 0. The molecule has 6 heteroatoms. The molecule has 0 saturated carbocycles. The number of ether oxygens (including phenoxy) is 1. The molecule has 0 aliphatic carbocycles. The SMILES string of the molecule is Cc1ccc([N+](=O)[O-])c(OCCC(C)(C)C(=N)N)c1. The molecule has 0 aliphatic rings. The van der Waals surface area contributed by atoms with E-state index in [1.54, 1.807) is 12.1 Å². The Hall–Kier alpha value is -2.11. The molecule has 19 heavy (non-hydrogen) atoms. The molecule has 0 spiro atoms. The van der Waals surface area contributed by atoms with Crippen molar-refractivity contribution in [2.24, 2.45) is 11.1 Å². The van der Waals surface area contributed by atoms with Gasteiger partial charge in [0.15, 0.2) is 5.75 Å². The third-order valence-electron chi connectivity index (χ3n) is 3.03. The van der Waals surface area contributed by atoms with E-state index in [0.29, 0.717) is 6.42 Å². The highest BCUT2D eigenvalue weighted by Gasteiger charge is 2.22.